The van der Waals surface area contributed by atoms with Gasteiger partial charge < -0.3 is 5.11 Å². The molecular weight excluding hydrogens is 316 g/mol. The molecule has 21 heavy (non-hydrogen) atoms. The number of carboxylic acids is 1. The van der Waals surface area contributed by atoms with Crippen molar-refractivity contribution in [2.45, 2.75) is 11.8 Å². The number of benzene rings is 1. The van der Waals surface area contributed by atoms with E-state index in [1.807, 2.05) is 0 Å². The van der Waals surface area contributed by atoms with Crippen molar-refractivity contribution in [2.75, 3.05) is 4.72 Å². The van der Waals surface area contributed by atoms with Crippen molar-refractivity contribution in [3.63, 3.8) is 0 Å². The van der Waals surface area contributed by atoms with E-state index < -0.39 is 16.0 Å². The largest absolute Gasteiger partial charge is 0.478 e. The number of hydrogen-bond acceptors (Lipinski definition) is 4. The van der Waals surface area contributed by atoms with E-state index in [4.69, 9.17) is 16.7 Å². The number of sulfonamides is 1. The summed E-state index contributed by atoms with van der Waals surface area (Å²) in [5.74, 6) is -1.08. The predicted octanol–water partition coefficient (Wildman–Crippen LogP) is 2.54. The Kier molecular flexibility index (Phi) is 4.15. The second-order valence-corrected chi connectivity index (χ2v) is 6.31. The summed E-state index contributed by atoms with van der Waals surface area (Å²) in [6, 6.07) is 6.77. The molecule has 0 spiro atoms. The first-order chi connectivity index (χ1) is 9.79. The lowest BCUT2D eigenvalue weighted by molar-refractivity contribution is 0.0697. The van der Waals surface area contributed by atoms with Crippen LogP contribution in [0.1, 0.15) is 15.9 Å². The highest BCUT2D eigenvalue weighted by Gasteiger charge is 2.16. The minimum atomic E-state index is -3.80. The molecular formula is C13H11ClN2O4S. The number of carbonyl (C=O) groups is 1. The van der Waals surface area contributed by atoms with Crippen molar-refractivity contribution in [2.24, 2.45) is 0 Å². The molecule has 0 saturated heterocycles. The first-order valence-corrected chi connectivity index (χ1v) is 7.64. The van der Waals surface area contributed by atoms with Gasteiger partial charge in [0.2, 0.25) is 0 Å². The van der Waals surface area contributed by atoms with Gasteiger partial charge in [0, 0.05) is 11.9 Å². The molecule has 110 valence electrons. The number of aromatic nitrogens is 1. The maximum atomic E-state index is 12.2. The van der Waals surface area contributed by atoms with Crippen LogP contribution in [0.5, 0.6) is 0 Å². The van der Waals surface area contributed by atoms with Gasteiger partial charge in [-0.1, -0.05) is 11.6 Å². The van der Waals surface area contributed by atoms with Gasteiger partial charge in [0.05, 0.1) is 5.56 Å². The number of anilines is 1. The predicted molar refractivity (Wildman–Crippen MR) is 78.2 cm³/mol. The molecule has 2 aromatic rings. The molecule has 0 saturated carbocycles. The molecule has 0 unspecified atom stereocenters. The van der Waals surface area contributed by atoms with E-state index in [1.165, 1.54) is 30.3 Å². The fourth-order valence-electron chi connectivity index (χ4n) is 1.57. The normalized spacial score (nSPS) is 11.1. The average molecular weight is 327 g/mol. The summed E-state index contributed by atoms with van der Waals surface area (Å²) in [5.41, 5.74) is 0.871. The number of halogens is 1. The Balaban J connectivity index is 2.28. The molecule has 0 aliphatic rings. The fraction of sp³-hybridized carbons (Fsp3) is 0.0769. The molecule has 1 aromatic carbocycles. The van der Waals surface area contributed by atoms with Crippen LogP contribution >= 0.6 is 11.6 Å². The van der Waals surface area contributed by atoms with Crippen LogP contribution in [0.4, 0.5) is 5.69 Å². The molecule has 0 fully saturated rings. The van der Waals surface area contributed by atoms with Gasteiger partial charge in [-0.3, -0.25) is 4.72 Å². The van der Waals surface area contributed by atoms with Crippen molar-refractivity contribution in [1.29, 1.82) is 0 Å². The smallest absolute Gasteiger partial charge is 0.335 e. The first-order valence-electron chi connectivity index (χ1n) is 5.78. The molecule has 2 N–H and O–H groups in total. The lowest BCUT2D eigenvalue weighted by atomic mass is 10.2. The first kappa shape index (κ1) is 15.3. The third-order valence-electron chi connectivity index (χ3n) is 2.68. The maximum absolute atomic E-state index is 12.2. The van der Waals surface area contributed by atoms with Gasteiger partial charge in [0.1, 0.15) is 10.0 Å². The third kappa shape index (κ3) is 3.50. The topological polar surface area (TPSA) is 96.4 Å². The molecule has 0 atom stereocenters. The average Bonchev–Trinajstić information content (AvgIpc) is 2.42. The number of aryl methyl sites for hydroxylation is 1. The number of nitrogens with one attached hydrogen (secondary N) is 1. The summed E-state index contributed by atoms with van der Waals surface area (Å²) < 4.78 is 26.7. The Bertz CT molecular complexity index is 788. The highest BCUT2D eigenvalue weighted by molar-refractivity contribution is 7.92. The van der Waals surface area contributed by atoms with Crippen molar-refractivity contribution in [3.8, 4) is 0 Å². The Labute approximate surface area is 126 Å². The van der Waals surface area contributed by atoms with Gasteiger partial charge in [0.15, 0.2) is 0 Å². The summed E-state index contributed by atoms with van der Waals surface area (Å²) in [6.07, 6.45) is 1.16. The minimum absolute atomic E-state index is 0.0216. The van der Waals surface area contributed by atoms with Gasteiger partial charge in [-0.25, -0.2) is 18.2 Å². The number of rotatable bonds is 4. The van der Waals surface area contributed by atoms with E-state index in [0.29, 0.717) is 5.56 Å². The Morgan fingerprint density at radius 3 is 2.43 bits per heavy atom. The zero-order chi connectivity index (χ0) is 15.6. The number of hydrogen-bond donors (Lipinski definition) is 2. The van der Waals surface area contributed by atoms with Gasteiger partial charge in [0.25, 0.3) is 10.0 Å². The second kappa shape index (κ2) is 5.71. The molecule has 0 amide bonds. The second-order valence-electron chi connectivity index (χ2n) is 4.27. The number of pyridine rings is 1. The monoisotopic (exact) mass is 326 g/mol. The summed E-state index contributed by atoms with van der Waals surface area (Å²) in [6.45, 7) is 1.65. The minimum Gasteiger partial charge on any atom is -0.478 e. The number of nitrogens with zero attached hydrogens (tertiary/aromatic N) is 1. The summed E-state index contributed by atoms with van der Waals surface area (Å²) in [7, 11) is -3.80. The van der Waals surface area contributed by atoms with Gasteiger partial charge in [-0.05, 0) is 42.8 Å². The van der Waals surface area contributed by atoms with E-state index in [-0.39, 0.29) is 21.3 Å². The molecule has 0 aliphatic heterocycles. The Morgan fingerprint density at radius 1 is 1.29 bits per heavy atom. The zero-order valence-corrected chi connectivity index (χ0v) is 12.4. The Hall–Kier alpha value is -2.12. The summed E-state index contributed by atoms with van der Waals surface area (Å²) in [5, 5.41) is 9.02. The number of carboxylic acid groups (broad SMARTS) is 1. The van der Waals surface area contributed by atoms with Gasteiger partial charge >= 0.3 is 5.97 Å². The zero-order valence-electron chi connectivity index (χ0n) is 10.9. The quantitative estimate of drug-likeness (QED) is 0.842. The molecule has 2 rings (SSSR count). The van der Waals surface area contributed by atoms with Crippen LogP contribution < -0.4 is 4.72 Å². The molecule has 0 radical (unpaired) electrons. The third-order valence-corrected chi connectivity index (χ3v) is 4.43. The van der Waals surface area contributed by atoms with Crippen molar-refractivity contribution in [1.82, 2.24) is 4.98 Å². The van der Waals surface area contributed by atoms with Crippen molar-refractivity contribution >= 4 is 33.3 Å². The van der Waals surface area contributed by atoms with Crippen LogP contribution in [0.2, 0.25) is 5.15 Å². The fourth-order valence-corrected chi connectivity index (χ4v) is 2.77. The molecule has 1 heterocycles. The lowest BCUT2D eigenvalue weighted by Gasteiger charge is -2.09. The SMILES string of the molecule is Cc1cc(S(=O)(=O)Nc2ccc(C(=O)O)cc2)cnc1Cl. The van der Waals surface area contributed by atoms with Crippen LogP contribution in [0, 0.1) is 6.92 Å². The molecule has 0 aliphatic carbocycles. The van der Waals surface area contributed by atoms with Crippen molar-refractivity contribution in [3.05, 3.63) is 52.8 Å². The lowest BCUT2D eigenvalue weighted by Crippen LogP contribution is -2.13. The van der Waals surface area contributed by atoms with E-state index in [9.17, 15) is 13.2 Å². The van der Waals surface area contributed by atoms with Gasteiger partial charge in [-0.15, -0.1) is 0 Å². The van der Waals surface area contributed by atoms with E-state index in [0.717, 1.165) is 6.20 Å². The van der Waals surface area contributed by atoms with Crippen molar-refractivity contribution < 1.29 is 18.3 Å². The molecule has 0 bridgehead atoms. The maximum Gasteiger partial charge on any atom is 0.335 e. The van der Waals surface area contributed by atoms with E-state index in [2.05, 4.69) is 9.71 Å². The highest BCUT2D eigenvalue weighted by atomic mass is 35.5. The van der Waals surface area contributed by atoms with E-state index >= 15 is 0 Å². The summed E-state index contributed by atoms with van der Waals surface area (Å²) in [4.78, 5) is 14.5. The van der Waals surface area contributed by atoms with Gasteiger partial charge in [-0.2, -0.15) is 0 Å². The van der Waals surface area contributed by atoms with Crippen LogP contribution in [-0.2, 0) is 10.0 Å². The van der Waals surface area contributed by atoms with E-state index in [1.54, 1.807) is 6.92 Å². The Morgan fingerprint density at radius 2 is 1.90 bits per heavy atom. The molecule has 8 heteroatoms. The highest BCUT2D eigenvalue weighted by Crippen LogP contribution is 2.19. The molecule has 6 nitrogen and oxygen atoms in total. The number of aromatic carboxylic acids is 1. The molecule has 1 aromatic heterocycles. The standard InChI is InChI=1S/C13H11ClN2O4S/c1-8-6-11(7-15-12(8)14)21(19,20)16-10-4-2-9(3-5-10)13(17)18/h2-7,16H,1H3,(H,17,18). The summed E-state index contributed by atoms with van der Waals surface area (Å²) >= 11 is 5.76. The van der Waals surface area contributed by atoms with Crippen LogP contribution in [0.25, 0.3) is 0 Å². The van der Waals surface area contributed by atoms with Crippen LogP contribution in [0.15, 0.2) is 41.4 Å². The van der Waals surface area contributed by atoms with Crippen LogP contribution in [-0.4, -0.2) is 24.5 Å². The van der Waals surface area contributed by atoms with Crippen LogP contribution in [0.3, 0.4) is 0 Å².